The van der Waals surface area contributed by atoms with Crippen LogP contribution in [0.15, 0.2) is 82.4 Å². The Morgan fingerprint density at radius 3 is 2.53 bits per heavy atom. The van der Waals surface area contributed by atoms with Gasteiger partial charge in [0, 0.05) is 10.2 Å². The second-order valence-electron chi connectivity index (χ2n) is 6.45. The van der Waals surface area contributed by atoms with E-state index in [1.54, 1.807) is 42.5 Å². The van der Waals surface area contributed by atoms with Gasteiger partial charge in [0.1, 0.15) is 5.75 Å². The fourth-order valence-electron chi connectivity index (χ4n) is 2.57. The molecule has 0 atom stereocenters. The Morgan fingerprint density at radius 2 is 1.80 bits per heavy atom. The standard InChI is InChI=1S/C23H20BrN3O3/c1-16-5-4-6-18(13-16)25-15-22(28)27-26-14-17-9-11-19(12-10-17)30-23(29)20-7-2-3-8-21(20)24/h2-14,25H,15H2,1H3,(H,27,28)/b26-14-. The first kappa shape index (κ1) is 21.3. The van der Waals surface area contributed by atoms with E-state index in [0.717, 1.165) is 16.8 Å². The SMILES string of the molecule is Cc1cccc(NCC(=O)N/N=C\c2ccc(OC(=O)c3ccccc3Br)cc2)c1. The third-order valence-electron chi connectivity index (χ3n) is 4.06. The molecule has 0 aliphatic heterocycles. The molecule has 2 N–H and O–H groups in total. The van der Waals surface area contributed by atoms with Crippen LogP contribution in [-0.4, -0.2) is 24.6 Å². The van der Waals surface area contributed by atoms with Gasteiger partial charge in [-0.15, -0.1) is 0 Å². The number of amides is 1. The number of ether oxygens (including phenoxy) is 1. The molecule has 152 valence electrons. The van der Waals surface area contributed by atoms with Crippen LogP contribution < -0.4 is 15.5 Å². The summed E-state index contributed by atoms with van der Waals surface area (Å²) in [6.07, 6.45) is 1.52. The number of anilines is 1. The number of hydrogen-bond donors (Lipinski definition) is 2. The number of nitrogens with one attached hydrogen (secondary N) is 2. The number of hydrogen-bond acceptors (Lipinski definition) is 5. The topological polar surface area (TPSA) is 79.8 Å². The van der Waals surface area contributed by atoms with Crippen molar-refractivity contribution >= 4 is 39.7 Å². The van der Waals surface area contributed by atoms with Gasteiger partial charge >= 0.3 is 5.97 Å². The van der Waals surface area contributed by atoms with E-state index in [4.69, 9.17) is 4.74 Å². The summed E-state index contributed by atoms with van der Waals surface area (Å²) in [6.45, 7) is 2.10. The Balaban J connectivity index is 1.48. The van der Waals surface area contributed by atoms with Crippen LogP contribution in [0.4, 0.5) is 5.69 Å². The lowest BCUT2D eigenvalue weighted by Crippen LogP contribution is -2.25. The molecule has 3 rings (SSSR count). The average molecular weight is 466 g/mol. The zero-order valence-corrected chi connectivity index (χ0v) is 17.8. The Labute approximate surface area is 183 Å². The summed E-state index contributed by atoms with van der Waals surface area (Å²) in [7, 11) is 0. The molecule has 0 heterocycles. The Bertz CT molecular complexity index is 1070. The summed E-state index contributed by atoms with van der Waals surface area (Å²) in [5, 5.41) is 6.98. The molecule has 0 aliphatic carbocycles. The number of rotatable bonds is 7. The third-order valence-corrected chi connectivity index (χ3v) is 4.75. The van der Waals surface area contributed by atoms with Crippen molar-refractivity contribution < 1.29 is 14.3 Å². The first-order chi connectivity index (χ1) is 14.5. The van der Waals surface area contributed by atoms with E-state index in [-0.39, 0.29) is 12.5 Å². The van der Waals surface area contributed by atoms with Crippen molar-refractivity contribution in [1.29, 1.82) is 0 Å². The fraction of sp³-hybridized carbons (Fsp3) is 0.0870. The zero-order chi connectivity index (χ0) is 21.3. The number of carbonyl (C=O) groups excluding carboxylic acids is 2. The van der Waals surface area contributed by atoms with E-state index >= 15 is 0 Å². The first-order valence-electron chi connectivity index (χ1n) is 9.20. The second-order valence-corrected chi connectivity index (χ2v) is 7.31. The van der Waals surface area contributed by atoms with Crippen molar-refractivity contribution in [2.24, 2.45) is 5.10 Å². The van der Waals surface area contributed by atoms with Gasteiger partial charge in [-0.3, -0.25) is 4.79 Å². The van der Waals surface area contributed by atoms with Crippen LogP contribution >= 0.6 is 15.9 Å². The van der Waals surface area contributed by atoms with Gasteiger partial charge in [0.2, 0.25) is 0 Å². The molecule has 0 aliphatic rings. The average Bonchev–Trinajstić information content (AvgIpc) is 2.74. The smallest absolute Gasteiger partial charge is 0.344 e. The van der Waals surface area contributed by atoms with E-state index < -0.39 is 5.97 Å². The van der Waals surface area contributed by atoms with Gasteiger partial charge in [-0.05, 0) is 82.5 Å². The van der Waals surface area contributed by atoms with E-state index in [2.05, 4.69) is 31.8 Å². The first-order valence-corrected chi connectivity index (χ1v) is 10.00. The summed E-state index contributed by atoms with van der Waals surface area (Å²) in [5.74, 6) is -0.289. The van der Waals surface area contributed by atoms with E-state index in [1.807, 2.05) is 37.3 Å². The number of nitrogens with zero attached hydrogens (tertiary/aromatic N) is 1. The van der Waals surface area contributed by atoms with Crippen molar-refractivity contribution in [2.45, 2.75) is 6.92 Å². The molecule has 0 bridgehead atoms. The Morgan fingerprint density at radius 1 is 1.03 bits per heavy atom. The second kappa shape index (κ2) is 10.4. The highest BCUT2D eigenvalue weighted by Crippen LogP contribution is 2.19. The van der Waals surface area contributed by atoms with Crippen molar-refractivity contribution in [3.05, 3.63) is 94.0 Å². The normalized spacial score (nSPS) is 10.6. The molecule has 0 radical (unpaired) electrons. The molecule has 0 saturated heterocycles. The maximum Gasteiger partial charge on any atom is 0.344 e. The lowest BCUT2D eigenvalue weighted by atomic mass is 10.2. The van der Waals surface area contributed by atoms with Crippen LogP contribution in [-0.2, 0) is 4.79 Å². The highest BCUT2D eigenvalue weighted by Gasteiger charge is 2.11. The largest absolute Gasteiger partial charge is 0.423 e. The lowest BCUT2D eigenvalue weighted by molar-refractivity contribution is -0.119. The van der Waals surface area contributed by atoms with Crippen LogP contribution in [0.1, 0.15) is 21.5 Å². The van der Waals surface area contributed by atoms with Crippen molar-refractivity contribution in [3.8, 4) is 5.75 Å². The predicted octanol–water partition coefficient (Wildman–Crippen LogP) is 4.54. The lowest BCUT2D eigenvalue weighted by Gasteiger charge is -2.06. The maximum atomic E-state index is 12.2. The number of carbonyl (C=O) groups is 2. The molecular weight excluding hydrogens is 446 g/mol. The monoisotopic (exact) mass is 465 g/mol. The molecule has 30 heavy (non-hydrogen) atoms. The van der Waals surface area contributed by atoms with Gasteiger partial charge in [-0.1, -0.05) is 24.3 Å². The minimum Gasteiger partial charge on any atom is -0.423 e. The molecule has 0 saturated carbocycles. The van der Waals surface area contributed by atoms with Crippen molar-refractivity contribution in [3.63, 3.8) is 0 Å². The molecule has 0 fully saturated rings. The van der Waals surface area contributed by atoms with Crippen LogP contribution in [0, 0.1) is 6.92 Å². The third kappa shape index (κ3) is 6.28. The molecule has 6 nitrogen and oxygen atoms in total. The number of esters is 1. The van der Waals surface area contributed by atoms with Gasteiger partial charge in [0.25, 0.3) is 5.91 Å². The molecule has 1 amide bonds. The van der Waals surface area contributed by atoms with Gasteiger partial charge in [-0.2, -0.15) is 5.10 Å². The minimum absolute atomic E-state index is 0.116. The van der Waals surface area contributed by atoms with Crippen LogP contribution in [0.2, 0.25) is 0 Å². The molecule has 3 aromatic rings. The summed E-state index contributed by atoms with van der Waals surface area (Å²) < 4.78 is 6.04. The van der Waals surface area contributed by atoms with Gasteiger partial charge in [0.05, 0.1) is 18.3 Å². The molecule has 0 unspecified atom stereocenters. The van der Waals surface area contributed by atoms with E-state index in [0.29, 0.717) is 15.8 Å². The molecule has 0 aromatic heterocycles. The summed E-state index contributed by atoms with van der Waals surface area (Å²) in [5.41, 5.74) is 5.66. The summed E-state index contributed by atoms with van der Waals surface area (Å²) in [6, 6.07) is 21.6. The van der Waals surface area contributed by atoms with Crippen LogP contribution in [0.3, 0.4) is 0 Å². The molecule has 7 heteroatoms. The van der Waals surface area contributed by atoms with Crippen LogP contribution in [0.25, 0.3) is 0 Å². The Kier molecular flexibility index (Phi) is 7.34. The number of hydrazone groups is 1. The van der Waals surface area contributed by atoms with E-state index in [1.165, 1.54) is 6.21 Å². The molecule has 0 spiro atoms. The van der Waals surface area contributed by atoms with E-state index in [9.17, 15) is 9.59 Å². The predicted molar refractivity (Wildman–Crippen MR) is 121 cm³/mol. The highest BCUT2D eigenvalue weighted by molar-refractivity contribution is 9.10. The maximum absolute atomic E-state index is 12.2. The van der Waals surface area contributed by atoms with Crippen molar-refractivity contribution in [2.75, 3.05) is 11.9 Å². The number of halogens is 1. The minimum atomic E-state index is -0.447. The quantitative estimate of drug-likeness (QED) is 0.232. The summed E-state index contributed by atoms with van der Waals surface area (Å²) in [4.78, 5) is 24.1. The van der Waals surface area contributed by atoms with Crippen molar-refractivity contribution in [1.82, 2.24) is 5.43 Å². The fourth-order valence-corrected chi connectivity index (χ4v) is 3.01. The van der Waals surface area contributed by atoms with Gasteiger partial charge in [0.15, 0.2) is 0 Å². The Hall–Kier alpha value is -3.45. The van der Waals surface area contributed by atoms with Gasteiger partial charge < -0.3 is 10.1 Å². The summed E-state index contributed by atoms with van der Waals surface area (Å²) >= 11 is 3.33. The zero-order valence-electron chi connectivity index (χ0n) is 16.3. The number of benzene rings is 3. The van der Waals surface area contributed by atoms with Crippen LogP contribution in [0.5, 0.6) is 5.75 Å². The molecule has 3 aromatic carbocycles. The highest BCUT2D eigenvalue weighted by atomic mass is 79.9. The number of aryl methyl sites for hydroxylation is 1. The van der Waals surface area contributed by atoms with Gasteiger partial charge in [-0.25, -0.2) is 10.2 Å². The molecular formula is C23H20BrN3O3.